The fourth-order valence-electron chi connectivity index (χ4n) is 3.18. The van der Waals surface area contributed by atoms with Gasteiger partial charge < -0.3 is 14.2 Å². The van der Waals surface area contributed by atoms with E-state index in [-0.39, 0.29) is 13.2 Å². The summed E-state index contributed by atoms with van der Waals surface area (Å²) in [5.41, 5.74) is -0.829. The molecule has 4 heterocycles. The van der Waals surface area contributed by atoms with Crippen LogP contribution in [0.25, 0.3) is 0 Å². The second kappa shape index (κ2) is 6.14. The minimum Gasteiger partial charge on any atom is -0.455 e. The van der Waals surface area contributed by atoms with E-state index in [1.807, 2.05) is 0 Å². The lowest BCUT2D eigenvalue weighted by Gasteiger charge is -2.23. The average molecular weight is 364 g/mol. The van der Waals surface area contributed by atoms with E-state index in [2.05, 4.69) is 20.5 Å². The molecule has 12 heteroatoms. The summed E-state index contributed by atoms with van der Waals surface area (Å²) in [7, 11) is 0. The number of rotatable bonds is 2. The first-order valence-electron chi connectivity index (χ1n) is 7.95. The average Bonchev–Trinajstić information content (AvgIpc) is 3.10. The molecule has 12 nitrogen and oxygen atoms in total. The fourth-order valence-corrected chi connectivity index (χ4v) is 3.18. The number of aryl methyl sites for hydroxylation is 1. The first-order chi connectivity index (χ1) is 12.4. The maximum atomic E-state index is 12.2. The monoisotopic (exact) mass is 364 g/mol. The topological polar surface area (TPSA) is 143 Å². The number of nitrogens with zero attached hydrogens (tertiary/aromatic N) is 5. The summed E-state index contributed by atoms with van der Waals surface area (Å²) < 4.78 is 19.9. The van der Waals surface area contributed by atoms with Crippen LogP contribution in [0.4, 0.5) is 0 Å². The van der Waals surface area contributed by atoms with Crippen LogP contribution < -0.4 is 11.2 Å². The predicted molar refractivity (Wildman–Crippen MR) is 81.9 cm³/mol. The highest BCUT2D eigenvalue weighted by Crippen LogP contribution is 2.35. The van der Waals surface area contributed by atoms with E-state index in [4.69, 9.17) is 14.2 Å². The summed E-state index contributed by atoms with van der Waals surface area (Å²) >= 11 is 0. The van der Waals surface area contributed by atoms with Crippen LogP contribution in [0.15, 0.2) is 15.8 Å². The molecule has 0 aromatic carbocycles. The molecule has 1 N–H and O–H groups in total. The zero-order valence-electron chi connectivity index (χ0n) is 14.0. The van der Waals surface area contributed by atoms with Crippen molar-refractivity contribution in [2.24, 2.45) is 0 Å². The number of fused-ring (bicyclic) bond motifs is 2. The highest BCUT2D eigenvalue weighted by atomic mass is 16.6. The first-order valence-corrected chi connectivity index (χ1v) is 7.95. The number of nitrogens with one attached hydrogen (secondary N) is 1. The molecule has 4 atom stereocenters. The third-order valence-electron chi connectivity index (χ3n) is 4.37. The Labute approximate surface area is 145 Å². The van der Waals surface area contributed by atoms with Crippen LogP contribution in [0.3, 0.4) is 0 Å². The van der Waals surface area contributed by atoms with Crippen LogP contribution in [-0.4, -0.2) is 54.0 Å². The Morgan fingerprint density at radius 3 is 3.00 bits per heavy atom. The number of ether oxygens (including phenoxy) is 3. The summed E-state index contributed by atoms with van der Waals surface area (Å²) in [5.74, 6) is -0.0120. The van der Waals surface area contributed by atoms with E-state index in [0.717, 1.165) is 0 Å². The molecule has 0 amide bonds. The van der Waals surface area contributed by atoms with Crippen LogP contribution in [-0.2, 0) is 32.2 Å². The molecule has 0 spiro atoms. The SMILES string of the molecule is CC(=O)O[C@@H]1[C@H]2OCc3nnnn3C[C@H]2O[C@H]1n1cc(C)c(=O)[nH]c1=O. The second-order valence-electron chi connectivity index (χ2n) is 6.17. The predicted octanol–water partition coefficient (Wildman–Crippen LogP) is -1.74. The summed E-state index contributed by atoms with van der Waals surface area (Å²) in [6.07, 6.45) is -1.64. The zero-order valence-corrected chi connectivity index (χ0v) is 14.0. The standard InChI is InChI=1S/C14H16N6O6/c1-6-3-19(14(23)15-12(6)22)13-11(25-7(2)21)10-8(26-13)4-20-9(5-24-10)16-17-18-20/h3,8,10-11,13H,4-5H2,1-2H3,(H,15,22,23)/t8-,10+,11-,13-/m1/s1. The van der Waals surface area contributed by atoms with Gasteiger partial charge in [0.15, 0.2) is 18.2 Å². The number of aromatic nitrogens is 6. The van der Waals surface area contributed by atoms with Crippen molar-refractivity contribution in [3.05, 3.63) is 38.4 Å². The smallest absolute Gasteiger partial charge is 0.330 e. The van der Waals surface area contributed by atoms with Gasteiger partial charge in [0, 0.05) is 18.7 Å². The molecule has 4 rings (SSSR count). The number of carbonyl (C=O) groups is 1. The molecule has 0 saturated carbocycles. The molecular weight excluding hydrogens is 348 g/mol. The molecule has 0 aliphatic carbocycles. The van der Waals surface area contributed by atoms with Gasteiger partial charge in [-0.3, -0.25) is 19.1 Å². The van der Waals surface area contributed by atoms with E-state index in [1.165, 1.54) is 17.7 Å². The Morgan fingerprint density at radius 1 is 1.42 bits per heavy atom. The molecule has 2 aromatic heterocycles. The number of carbonyl (C=O) groups excluding carboxylic acids is 1. The van der Waals surface area contributed by atoms with Crippen LogP contribution in [0.5, 0.6) is 0 Å². The normalized spacial score (nSPS) is 27.5. The van der Waals surface area contributed by atoms with Gasteiger partial charge in [-0.05, 0) is 17.4 Å². The van der Waals surface area contributed by atoms with Crippen LogP contribution >= 0.6 is 0 Å². The van der Waals surface area contributed by atoms with Crippen molar-refractivity contribution in [1.82, 2.24) is 29.8 Å². The number of aromatic amines is 1. The van der Waals surface area contributed by atoms with Crippen molar-refractivity contribution in [2.75, 3.05) is 0 Å². The molecule has 2 aliphatic rings. The van der Waals surface area contributed by atoms with Gasteiger partial charge in [-0.15, -0.1) is 5.10 Å². The lowest BCUT2D eigenvalue weighted by Crippen LogP contribution is -2.41. The number of H-pyrrole nitrogens is 1. The minimum absolute atomic E-state index is 0.113. The Balaban J connectivity index is 1.73. The van der Waals surface area contributed by atoms with Crippen molar-refractivity contribution in [3.8, 4) is 0 Å². The molecule has 26 heavy (non-hydrogen) atoms. The Kier molecular flexibility index (Phi) is 3.92. The number of esters is 1. The lowest BCUT2D eigenvalue weighted by atomic mass is 10.1. The number of hydrogen-bond acceptors (Lipinski definition) is 9. The van der Waals surface area contributed by atoms with Gasteiger partial charge in [-0.1, -0.05) is 0 Å². The third-order valence-corrected chi connectivity index (χ3v) is 4.37. The lowest BCUT2D eigenvalue weighted by molar-refractivity contribution is -0.158. The van der Waals surface area contributed by atoms with Crippen molar-refractivity contribution in [2.45, 2.75) is 51.5 Å². The van der Waals surface area contributed by atoms with Gasteiger partial charge in [0.05, 0.1) is 6.54 Å². The van der Waals surface area contributed by atoms with Crippen LogP contribution in [0, 0.1) is 6.92 Å². The molecule has 2 aromatic rings. The van der Waals surface area contributed by atoms with E-state index in [1.54, 1.807) is 11.6 Å². The third kappa shape index (κ3) is 2.72. The Morgan fingerprint density at radius 2 is 2.23 bits per heavy atom. The molecule has 0 radical (unpaired) electrons. The summed E-state index contributed by atoms with van der Waals surface area (Å²) in [6.45, 7) is 3.21. The molecular formula is C14H16N6O6. The molecule has 0 unspecified atom stereocenters. The van der Waals surface area contributed by atoms with Gasteiger partial charge >= 0.3 is 11.7 Å². The quantitative estimate of drug-likeness (QED) is 0.614. The summed E-state index contributed by atoms with van der Waals surface area (Å²) in [5, 5.41) is 11.3. The largest absolute Gasteiger partial charge is 0.455 e. The van der Waals surface area contributed by atoms with Gasteiger partial charge in [-0.2, -0.15) is 0 Å². The van der Waals surface area contributed by atoms with Crippen molar-refractivity contribution in [3.63, 3.8) is 0 Å². The molecule has 1 saturated heterocycles. The summed E-state index contributed by atoms with van der Waals surface area (Å²) in [4.78, 5) is 37.7. The van der Waals surface area contributed by atoms with Gasteiger partial charge in [0.25, 0.3) is 5.56 Å². The van der Waals surface area contributed by atoms with Crippen molar-refractivity contribution < 1.29 is 19.0 Å². The van der Waals surface area contributed by atoms with E-state index < -0.39 is 41.8 Å². The highest BCUT2D eigenvalue weighted by molar-refractivity contribution is 5.66. The molecule has 138 valence electrons. The highest BCUT2D eigenvalue weighted by Gasteiger charge is 2.50. The zero-order chi connectivity index (χ0) is 18.4. The van der Waals surface area contributed by atoms with E-state index in [9.17, 15) is 14.4 Å². The van der Waals surface area contributed by atoms with Crippen LogP contribution in [0.2, 0.25) is 0 Å². The minimum atomic E-state index is -0.949. The van der Waals surface area contributed by atoms with Crippen molar-refractivity contribution >= 4 is 5.97 Å². The van der Waals surface area contributed by atoms with E-state index in [0.29, 0.717) is 11.4 Å². The molecule has 2 aliphatic heterocycles. The van der Waals surface area contributed by atoms with Crippen molar-refractivity contribution in [1.29, 1.82) is 0 Å². The van der Waals surface area contributed by atoms with Crippen LogP contribution in [0.1, 0.15) is 24.5 Å². The number of hydrogen-bond donors (Lipinski definition) is 1. The first kappa shape index (κ1) is 16.6. The second-order valence-corrected chi connectivity index (χ2v) is 6.17. The Bertz CT molecular complexity index is 963. The maximum Gasteiger partial charge on any atom is 0.330 e. The molecule has 1 fully saturated rings. The molecule has 0 bridgehead atoms. The summed E-state index contributed by atoms with van der Waals surface area (Å²) in [6, 6.07) is 0. The van der Waals surface area contributed by atoms with Gasteiger partial charge in [0.2, 0.25) is 0 Å². The van der Waals surface area contributed by atoms with Gasteiger partial charge in [0.1, 0.15) is 18.8 Å². The fraction of sp³-hybridized carbons (Fsp3) is 0.571. The van der Waals surface area contributed by atoms with E-state index >= 15 is 0 Å². The Hall–Kier alpha value is -2.86. The van der Waals surface area contributed by atoms with Gasteiger partial charge in [-0.25, -0.2) is 9.48 Å². The maximum absolute atomic E-state index is 12.2. The number of tetrazole rings is 1.